The highest BCUT2D eigenvalue weighted by Gasteiger charge is 2.34. The molecule has 0 amide bonds. The molecule has 2 rings (SSSR count). The number of ether oxygens (including phenoxy) is 2. The highest BCUT2D eigenvalue weighted by molar-refractivity contribution is 5.85. The SMILES string of the molecule is CCOC(=O)[C@H](C)Oc1ccc2c(C(F)(F)F)cc(=O)oc2c1C. The van der Waals surface area contributed by atoms with Crippen LogP contribution < -0.4 is 10.4 Å². The molecule has 0 unspecified atom stereocenters. The van der Waals surface area contributed by atoms with Crippen LogP contribution in [0.2, 0.25) is 0 Å². The van der Waals surface area contributed by atoms with Gasteiger partial charge in [0.05, 0.1) is 12.2 Å². The van der Waals surface area contributed by atoms with E-state index in [1.54, 1.807) is 6.92 Å². The Labute approximate surface area is 135 Å². The lowest BCUT2D eigenvalue weighted by atomic mass is 10.1. The maximum absolute atomic E-state index is 13.1. The van der Waals surface area contributed by atoms with Crippen molar-refractivity contribution in [3.8, 4) is 5.75 Å². The van der Waals surface area contributed by atoms with E-state index < -0.39 is 29.4 Å². The van der Waals surface area contributed by atoms with E-state index in [2.05, 4.69) is 0 Å². The van der Waals surface area contributed by atoms with Crippen LogP contribution in [0.4, 0.5) is 13.2 Å². The van der Waals surface area contributed by atoms with Gasteiger partial charge in [0.1, 0.15) is 11.3 Å². The van der Waals surface area contributed by atoms with Gasteiger partial charge < -0.3 is 13.9 Å². The Bertz CT molecular complexity index is 823. The molecule has 130 valence electrons. The van der Waals surface area contributed by atoms with Crippen LogP contribution in [0.3, 0.4) is 0 Å². The van der Waals surface area contributed by atoms with Crippen molar-refractivity contribution >= 4 is 16.9 Å². The fourth-order valence-electron chi connectivity index (χ4n) is 2.20. The normalized spacial score (nSPS) is 12.9. The van der Waals surface area contributed by atoms with Gasteiger partial charge >= 0.3 is 17.8 Å². The van der Waals surface area contributed by atoms with Crippen LogP contribution >= 0.6 is 0 Å². The summed E-state index contributed by atoms with van der Waals surface area (Å²) >= 11 is 0. The lowest BCUT2D eigenvalue weighted by molar-refractivity contribution is -0.150. The number of esters is 1. The van der Waals surface area contributed by atoms with E-state index >= 15 is 0 Å². The van der Waals surface area contributed by atoms with Crippen molar-refractivity contribution < 1.29 is 31.9 Å². The minimum atomic E-state index is -4.69. The van der Waals surface area contributed by atoms with Crippen molar-refractivity contribution in [2.45, 2.75) is 33.1 Å². The quantitative estimate of drug-likeness (QED) is 0.628. The Balaban J connectivity index is 2.52. The fourth-order valence-corrected chi connectivity index (χ4v) is 2.20. The minimum absolute atomic E-state index is 0.130. The topological polar surface area (TPSA) is 65.7 Å². The number of aryl methyl sites for hydroxylation is 1. The minimum Gasteiger partial charge on any atom is -0.479 e. The van der Waals surface area contributed by atoms with Gasteiger partial charge in [-0.1, -0.05) is 0 Å². The van der Waals surface area contributed by atoms with E-state index in [9.17, 15) is 22.8 Å². The molecule has 5 nitrogen and oxygen atoms in total. The number of benzene rings is 1. The molecule has 0 aliphatic heterocycles. The van der Waals surface area contributed by atoms with Gasteiger partial charge in [0.25, 0.3) is 0 Å². The summed E-state index contributed by atoms with van der Waals surface area (Å²) < 4.78 is 54.3. The molecule has 0 fully saturated rings. The molecular formula is C16H15F3O5. The maximum Gasteiger partial charge on any atom is 0.417 e. The zero-order valence-electron chi connectivity index (χ0n) is 13.2. The number of alkyl halides is 3. The first-order chi connectivity index (χ1) is 11.1. The summed E-state index contributed by atoms with van der Waals surface area (Å²) in [6, 6.07) is 2.84. The second kappa shape index (κ2) is 6.54. The maximum atomic E-state index is 13.1. The average Bonchev–Trinajstić information content (AvgIpc) is 2.49. The van der Waals surface area contributed by atoms with Crippen LogP contribution in [0.5, 0.6) is 5.75 Å². The third-order valence-corrected chi connectivity index (χ3v) is 3.34. The predicted molar refractivity (Wildman–Crippen MR) is 78.9 cm³/mol. The zero-order chi connectivity index (χ0) is 18.1. The third kappa shape index (κ3) is 3.52. The number of carbonyl (C=O) groups is 1. The van der Waals surface area contributed by atoms with Crippen LogP contribution in [0, 0.1) is 6.92 Å². The lowest BCUT2D eigenvalue weighted by Gasteiger charge is -2.16. The molecule has 2 aromatic rings. The smallest absolute Gasteiger partial charge is 0.417 e. The van der Waals surface area contributed by atoms with Gasteiger partial charge in [-0.25, -0.2) is 9.59 Å². The average molecular weight is 344 g/mol. The fraction of sp³-hybridized carbons (Fsp3) is 0.375. The molecule has 1 aromatic carbocycles. The molecule has 1 heterocycles. The first kappa shape index (κ1) is 17.8. The summed E-state index contributed by atoms with van der Waals surface area (Å²) in [5, 5.41) is -0.254. The van der Waals surface area contributed by atoms with Gasteiger partial charge in [-0.2, -0.15) is 13.2 Å². The second-order valence-corrected chi connectivity index (χ2v) is 5.05. The number of carbonyl (C=O) groups excluding carboxylic acids is 1. The summed E-state index contributed by atoms with van der Waals surface area (Å²) in [4.78, 5) is 23.0. The Morgan fingerprint density at radius 3 is 2.58 bits per heavy atom. The van der Waals surface area contributed by atoms with E-state index in [-0.39, 0.29) is 28.9 Å². The molecule has 0 aliphatic rings. The van der Waals surface area contributed by atoms with Crippen molar-refractivity contribution in [2.75, 3.05) is 6.61 Å². The molecule has 0 saturated heterocycles. The van der Waals surface area contributed by atoms with Gasteiger partial charge in [0, 0.05) is 17.0 Å². The standard InChI is InChI=1S/C16H15F3O5/c1-4-22-15(21)9(3)23-12-6-5-10-11(16(17,18)19)7-13(20)24-14(10)8(12)2/h5-7,9H,4H2,1-3H3/t9-/m0/s1. The van der Waals surface area contributed by atoms with Crippen molar-refractivity contribution in [3.05, 3.63) is 39.7 Å². The Kier molecular flexibility index (Phi) is 4.86. The second-order valence-electron chi connectivity index (χ2n) is 5.05. The van der Waals surface area contributed by atoms with E-state index in [4.69, 9.17) is 13.9 Å². The number of fused-ring (bicyclic) bond motifs is 1. The van der Waals surface area contributed by atoms with Crippen LogP contribution in [-0.2, 0) is 15.7 Å². The summed E-state index contributed by atoms with van der Waals surface area (Å²) in [6.45, 7) is 4.70. The largest absolute Gasteiger partial charge is 0.479 e. The van der Waals surface area contributed by atoms with Gasteiger partial charge in [-0.15, -0.1) is 0 Å². The van der Waals surface area contributed by atoms with Crippen molar-refractivity contribution in [3.63, 3.8) is 0 Å². The number of hydrogen-bond donors (Lipinski definition) is 0. The molecule has 0 N–H and O–H groups in total. The Hall–Kier alpha value is -2.51. The monoisotopic (exact) mass is 344 g/mol. The summed E-state index contributed by atoms with van der Waals surface area (Å²) in [5.74, 6) is -0.479. The number of halogens is 3. The van der Waals surface area contributed by atoms with Gasteiger partial charge in [-0.05, 0) is 32.9 Å². The molecule has 8 heteroatoms. The Morgan fingerprint density at radius 2 is 2.00 bits per heavy atom. The lowest BCUT2D eigenvalue weighted by Crippen LogP contribution is -2.26. The third-order valence-electron chi connectivity index (χ3n) is 3.34. The van der Waals surface area contributed by atoms with E-state index in [1.807, 2.05) is 0 Å². The van der Waals surface area contributed by atoms with Crippen LogP contribution in [0.15, 0.2) is 27.4 Å². The summed E-state index contributed by atoms with van der Waals surface area (Å²) in [6.07, 6.45) is -5.65. The zero-order valence-corrected chi connectivity index (χ0v) is 13.2. The Morgan fingerprint density at radius 1 is 1.33 bits per heavy atom. The molecule has 0 bridgehead atoms. The van der Waals surface area contributed by atoms with Gasteiger partial charge in [-0.3, -0.25) is 0 Å². The van der Waals surface area contributed by atoms with Crippen molar-refractivity contribution in [2.24, 2.45) is 0 Å². The molecule has 0 radical (unpaired) electrons. The highest BCUT2D eigenvalue weighted by atomic mass is 19.4. The molecular weight excluding hydrogens is 329 g/mol. The molecule has 0 aliphatic carbocycles. The summed E-state index contributed by atoms with van der Waals surface area (Å²) in [5.41, 5.74) is -2.24. The number of hydrogen-bond acceptors (Lipinski definition) is 5. The van der Waals surface area contributed by atoms with E-state index in [0.29, 0.717) is 6.07 Å². The van der Waals surface area contributed by atoms with E-state index in [0.717, 1.165) is 6.07 Å². The highest BCUT2D eigenvalue weighted by Crippen LogP contribution is 2.36. The van der Waals surface area contributed by atoms with Crippen LogP contribution in [0.25, 0.3) is 11.0 Å². The van der Waals surface area contributed by atoms with Crippen LogP contribution in [0.1, 0.15) is 25.0 Å². The molecule has 1 aromatic heterocycles. The first-order valence-corrected chi connectivity index (χ1v) is 7.13. The molecule has 0 spiro atoms. The predicted octanol–water partition coefficient (Wildman–Crippen LogP) is 3.45. The van der Waals surface area contributed by atoms with Gasteiger partial charge in [0.2, 0.25) is 0 Å². The van der Waals surface area contributed by atoms with Crippen molar-refractivity contribution in [1.29, 1.82) is 0 Å². The number of rotatable bonds is 4. The molecule has 0 saturated carbocycles. The van der Waals surface area contributed by atoms with Gasteiger partial charge in [0.15, 0.2) is 6.10 Å². The van der Waals surface area contributed by atoms with Crippen LogP contribution in [-0.4, -0.2) is 18.7 Å². The van der Waals surface area contributed by atoms with E-state index in [1.165, 1.54) is 19.9 Å². The summed E-state index contributed by atoms with van der Waals surface area (Å²) in [7, 11) is 0. The molecule has 24 heavy (non-hydrogen) atoms. The first-order valence-electron chi connectivity index (χ1n) is 7.13. The molecule has 1 atom stereocenters. The van der Waals surface area contributed by atoms with Crippen molar-refractivity contribution in [1.82, 2.24) is 0 Å².